The third kappa shape index (κ3) is 2.66. The molecule has 1 aromatic rings. The van der Waals surface area contributed by atoms with Crippen LogP contribution in [0.1, 0.15) is 31.9 Å². The molecule has 0 amide bonds. The molecule has 1 fully saturated rings. The van der Waals surface area contributed by atoms with Crippen LogP contribution in [0.15, 0.2) is 24.3 Å². The van der Waals surface area contributed by atoms with Gasteiger partial charge in [-0.3, -0.25) is 0 Å². The van der Waals surface area contributed by atoms with E-state index >= 15 is 0 Å². The van der Waals surface area contributed by atoms with Crippen LogP contribution in [0.25, 0.3) is 0 Å². The lowest BCUT2D eigenvalue weighted by Gasteiger charge is -2.28. The van der Waals surface area contributed by atoms with Crippen molar-refractivity contribution in [2.24, 2.45) is 0 Å². The highest BCUT2D eigenvalue weighted by atomic mass is 16.5. The second kappa shape index (κ2) is 5.26. The van der Waals surface area contributed by atoms with Crippen LogP contribution in [-0.4, -0.2) is 35.1 Å². The second-order valence-corrected chi connectivity index (χ2v) is 5.03. The first-order valence-electron chi connectivity index (χ1n) is 6.38. The van der Waals surface area contributed by atoms with E-state index in [-0.39, 0.29) is 17.9 Å². The maximum atomic E-state index is 10.4. The number of ether oxygens (including phenoxy) is 1. The van der Waals surface area contributed by atoms with E-state index in [0.29, 0.717) is 19.6 Å². The molecule has 1 saturated heterocycles. The van der Waals surface area contributed by atoms with Crippen molar-refractivity contribution in [3.63, 3.8) is 0 Å². The summed E-state index contributed by atoms with van der Waals surface area (Å²) in [5.74, 6) is 0.278. The highest BCUT2D eigenvalue weighted by molar-refractivity contribution is 5.34. The largest absolute Gasteiger partial charge is 0.508 e. The van der Waals surface area contributed by atoms with Gasteiger partial charge in [0.05, 0.1) is 6.10 Å². The summed E-state index contributed by atoms with van der Waals surface area (Å²) in [6.07, 6.45) is 0.496. The molecule has 3 N–H and O–H groups in total. The van der Waals surface area contributed by atoms with E-state index in [9.17, 15) is 10.2 Å². The molecule has 3 atom stereocenters. The fraction of sp³-hybridized carbons (Fsp3) is 0.571. The van der Waals surface area contributed by atoms with Crippen LogP contribution < -0.4 is 5.32 Å². The minimum Gasteiger partial charge on any atom is -0.508 e. The summed E-state index contributed by atoms with van der Waals surface area (Å²) in [6.45, 7) is 4.92. The molecule has 0 spiro atoms. The van der Waals surface area contributed by atoms with Crippen LogP contribution in [0, 0.1) is 0 Å². The van der Waals surface area contributed by atoms with Crippen LogP contribution in [0.2, 0.25) is 0 Å². The van der Waals surface area contributed by atoms with Gasteiger partial charge < -0.3 is 20.3 Å². The van der Waals surface area contributed by atoms with Gasteiger partial charge in [0.25, 0.3) is 0 Å². The normalized spacial score (nSPS) is 29.4. The maximum absolute atomic E-state index is 10.4. The first-order chi connectivity index (χ1) is 8.53. The van der Waals surface area contributed by atoms with Gasteiger partial charge in [-0.25, -0.2) is 0 Å². The third-order valence-corrected chi connectivity index (χ3v) is 3.78. The Morgan fingerprint density at radius 3 is 2.83 bits per heavy atom. The summed E-state index contributed by atoms with van der Waals surface area (Å²) in [4.78, 5) is 0. The fourth-order valence-electron chi connectivity index (χ4n) is 2.30. The summed E-state index contributed by atoms with van der Waals surface area (Å²) >= 11 is 0. The van der Waals surface area contributed by atoms with Crippen molar-refractivity contribution >= 4 is 0 Å². The number of phenolic OH excluding ortho intramolecular Hbond substituents is 1. The van der Waals surface area contributed by atoms with Gasteiger partial charge in [-0.05, 0) is 19.9 Å². The molecule has 1 aliphatic heterocycles. The molecule has 1 aromatic carbocycles. The van der Waals surface area contributed by atoms with E-state index in [2.05, 4.69) is 5.32 Å². The Morgan fingerprint density at radius 2 is 2.22 bits per heavy atom. The first-order valence-corrected chi connectivity index (χ1v) is 6.38. The summed E-state index contributed by atoms with van der Waals surface area (Å²) in [7, 11) is 0. The van der Waals surface area contributed by atoms with Crippen molar-refractivity contribution in [1.82, 2.24) is 5.32 Å². The summed E-state index contributed by atoms with van der Waals surface area (Å²) in [6, 6.07) is 7.23. The van der Waals surface area contributed by atoms with Crippen molar-refractivity contribution in [3.8, 4) is 5.75 Å². The summed E-state index contributed by atoms with van der Waals surface area (Å²) in [5, 5.41) is 23.4. The predicted octanol–water partition coefficient (Wildman–Crippen LogP) is 1.58. The Bertz CT molecular complexity index is 410. The Morgan fingerprint density at radius 1 is 1.50 bits per heavy atom. The standard InChI is InChI=1S/C14H21NO3/c1-10(12-5-3-4-6-13(12)16)15-9-14(17)7-8-18-11(14)2/h3-6,10-11,15-17H,7-9H2,1-2H3. The third-order valence-electron chi connectivity index (χ3n) is 3.78. The van der Waals surface area contributed by atoms with E-state index in [1.807, 2.05) is 26.0 Å². The molecule has 2 rings (SSSR count). The van der Waals surface area contributed by atoms with Crippen molar-refractivity contribution in [2.75, 3.05) is 13.2 Å². The molecule has 0 aromatic heterocycles. The molecule has 0 aliphatic carbocycles. The molecule has 3 unspecified atom stereocenters. The fourth-order valence-corrected chi connectivity index (χ4v) is 2.30. The van der Waals surface area contributed by atoms with Gasteiger partial charge in [-0.1, -0.05) is 18.2 Å². The Labute approximate surface area is 108 Å². The number of aliphatic hydroxyl groups is 1. The molecule has 0 bridgehead atoms. The van der Waals surface area contributed by atoms with Crippen LogP contribution in [0.4, 0.5) is 0 Å². The number of aromatic hydroxyl groups is 1. The average molecular weight is 251 g/mol. The average Bonchev–Trinajstić information content (AvgIpc) is 2.68. The minimum absolute atomic E-state index is 0.0111. The van der Waals surface area contributed by atoms with Crippen LogP contribution in [0.3, 0.4) is 0 Å². The van der Waals surface area contributed by atoms with Crippen molar-refractivity contribution in [3.05, 3.63) is 29.8 Å². The second-order valence-electron chi connectivity index (χ2n) is 5.03. The smallest absolute Gasteiger partial charge is 0.120 e. The van der Waals surface area contributed by atoms with Crippen molar-refractivity contribution < 1.29 is 14.9 Å². The number of nitrogens with one attached hydrogen (secondary N) is 1. The van der Waals surface area contributed by atoms with E-state index in [1.165, 1.54) is 0 Å². The molecular formula is C14H21NO3. The van der Waals surface area contributed by atoms with Crippen LogP contribution in [-0.2, 0) is 4.74 Å². The molecule has 0 radical (unpaired) electrons. The Kier molecular flexibility index (Phi) is 3.90. The molecular weight excluding hydrogens is 230 g/mol. The van der Waals surface area contributed by atoms with Crippen LogP contribution in [0.5, 0.6) is 5.75 Å². The Hall–Kier alpha value is -1.10. The van der Waals surface area contributed by atoms with Crippen molar-refractivity contribution in [2.45, 2.75) is 38.0 Å². The molecule has 4 heteroatoms. The SMILES string of the molecule is CC(NCC1(O)CCOC1C)c1ccccc1O. The number of para-hydroxylation sites is 1. The molecule has 100 valence electrons. The van der Waals surface area contributed by atoms with E-state index < -0.39 is 5.60 Å². The van der Waals surface area contributed by atoms with Crippen molar-refractivity contribution in [1.29, 1.82) is 0 Å². The van der Waals surface area contributed by atoms with E-state index in [1.54, 1.807) is 12.1 Å². The topological polar surface area (TPSA) is 61.7 Å². The summed E-state index contributed by atoms with van der Waals surface area (Å²) < 4.78 is 5.39. The lowest BCUT2D eigenvalue weighted by molar-refractivity contribution is -0.0274. The lowest BCUT2D eigenvalue weighted by atomic mass is 9.96. The van der Waals surface area contributed by atoms with Gasteiger partial charge in [0.1, 0.15) is 11.4 Å². The molecule has 4 nitrogen and oxygen atoms in total. The quantitative estimate of drug-likeness (QED) is 0.760. The number of hydrogen-bond acceptors (Lipinski definition) is 4. The number of hydrogen-bond donors (Lipinski definition) is 3. The minimum atomic E-state index is -0.807. The van der Waals surface area contributed by atoms with E-state index in [4.69, 9.17) is 4.74 Å². The number of rotatable bonds is 4. The number of benzene rings is 1. The highest BCUT2D eigenvalue weighted by Gasteiger charge is 2.39. The zero-order valence-corrected chi connectivity index (χ0v) is 10.9. The Balaban J connectivity index is 1.96. The molecule has 1 heterocycles. The van der Waals surface area contributed by atoms with Gasteiger partial charge >= 0.3 is 0 Å². The summed E-state index contributed by atoms with van der Waals surface area (Å²) in [5.41, 5.74) is 0.0335. The van der Waals surface area contributed by atoms with Gasteiger partial charge in [-0.15, -0.1) is 0 Å². The zero-order chi connectivity index (χ0) is 13.2. The van der Waals surface area contributed by atoms with Gasteiger partial charge in [-0.2, -0.15) is 0 Å². The highest BCUT2D eigenvalue weighted by Crippen LogP contribution is 2.27. The molecule has 18 heavy (non-hydrogen) atoms. The zero-order valence-electron chi connectivity index (χ0n) is 10.9. The lowest BCUT2D eigenvalue weighted by Crippen LogP contribution is -2.46. The molecule has 1 aliphatic rings. The predicted molar refractivity (Wildman–Crippen MR) is 69.5 cm³/mol. The van der Waals surface area contributed by atoms with Gasteiger partial charge in [0.2, 0.25) is 0 Å². The maximum Gasteiger partial charge on any atom is 0.120 e. The van der Waals surface area contributed by atoms with Gasteiger partial charge in [0, 0.05) is 31.2 Å². The number of phenols is 1. The first kappa shape index (κ1) is 13.3. The van der Waals surface area contributed by atoms with Crippen LogP contribution >= 0.6 is 0 Å². The van der Waals surface area contributed by atoms with Gasteiger partial charge in [0.15, 0.2) is 0 Å². The van der Waals surface area contributed by atoms with E-state index in [0.717, 1.165) is 5.56 Å². The monoisotopic (exact) mass is 251 g/mol. The molecule has 0 saturated carbocycles.